The molecule has 1 fully saturated rings. The minimum atomic E-state index is -0.0879. The van der Waals surface area contributed by atoms with Gasteiger partial charge in [-0.05, 0) is 40.9 Å². The van der Waals surface area contributed by atoms with E-state index < -0.39 is 0 Å². The molecule has 1 N–H and O–H groups in total. The van der Waals surface area contributed by atoms with Crippen molar-refractivity contribution in [3.05, 3.63) is 38.8 Å². The number of phenolic OH excluding ortho intramolecular Hbond substituents is 1. The molecule has 0 spiro atoms. The van der Waals surface area contributed by atoms with E-state index in [2.05, 4.69) is 38.4 Å². The largest absolute Gasteiger partial charge is 0.506 e. The second-order valence-electron chi connectivity index (χ2n) is 3.89. The van der Waals surface area contributed by atoms with Gasteiger partial charge in [0.2, 0.25) is 0 Å². The average Bonchev–Trinajstić information content (AvgIpc) is 2.23. The number of ether oxygens (including phenoxy) is 1. The monoisotopic (exact) mass is 346 g/mol. The molecule has 1 saturated heterocycles. The number of aromatic hydroxyl groups is 1. The van der Waals surface area contributed by atoms with Crippen molar-refractivity contribution in [1.82, 2.24) is 0 Å². The molecule has 0 saturated carbocycles. The van der Waals surface area contributed by atoms with Crippen molar-refractivity contribution >= 4 is 31.9 Å². The molecule has 1 aromatic carbocycles. The summed E-state index contributed by atoms with van der Waals surface area (Å²) in [6, 6.07) is 3.71. The molecule has 0 amide bonds. The Kier molecular flexibility index (Phi) is 3.72. The maximum Gasteiger partial charge on any atom is 0.135 e. The molecular formula is C12H12Br2O2. The van der Waals surface area contributed by atoms with Crippen LogP contribution in [0.5, 0.6) is 5.75 Å². The van der Waals surface area contributed by atoms with Gasteiger partial charge < -0.3 is 9.84 Å². The Labute approximate surface area is 112 Å². The molecule has 86 valence electrons. The van der Waals surface area contributed by atoms with Gasteiger partial charge in [-0.2, -0.15) is 0 Å². The summed E-state index contributed by atoms with van der Waals surface area (Å²) in [6.07, 6.45) is 1.60. The van der Waals surface area contributed by atoms with E-state index in [1.165, 1.54) is 5.57 Å². The summed E-state index contributed by atoms with van der Waals surface area (Å²) in [7, 11) is 0. The van der Waals surface area contributed by atoms with Gasteiger partial charge in [-0.15, -0.1) is 0 Å². The Morgan fingerprint density at radius 1 is 1.38 bits per heavy atom. The normalized spacial score (nSPS) is 21.1. The second kappa shape index (κ2) is 4.90. The zero-order valence-electron chi connectivity index (χ0n) is 8.67. The lowest BCUT2D eigenvalue weighted by molar-refractivity contribution is 0.0337. The van der Waals surface area contributed by atoms with E-state index in [0.717, 1.165) is 22.9 Å². The molecule has 16 heavy (non-hydrogen) atoms. The van der Waals surface area contributed by atoms with Gasteiger partial charge in [0.05, 0.1) is 17.2 Å². The molecule has 0 aromatic heterocycles. The minimum absolute atomic E-state index is 0.0879. The van der Waals surface area contributed by atoms with E-state index in [1.54, 1.807) is 0 Å². The first-order valence-corrected chi connectivity index (χ1v) is 6.62. The predicted octanol–water partition coefficient (Wildman–Crippen LogP) is 4.32. The lowest BCUT2D eigenvalue weighted by Gasteiger charge is -2.25. The van der Waals surface area contributed by atoms with Crippen molar-refractivity contribution < 1.29 is 9.84 Å². The van der Waals surface area contributed by atoms with E-state index in [0.29, 0.717) is 11.1 Å². The molecule has 2 nitrogen and oxygen atoms in total. The lowest BCUT2D eigenvalue weighted by atomic mass is 9.97. The maximum atomic E-state index is 9.98. The van der Waals surface area contributed by atoms with Crippen LogP contribution in [0, 0.1) is 0 Å². The fourth-order valence-electron chi connectivity index (χ4n) is 1.80. The van der Waals surface area contributed by atoms with Crippen LogP contribution in [0.25, 0.3) is 0 Å². The maximum absolute atomic E-state index is 9.98. The van der Waals surface area contributed by atoms with Crippen LogP contribution in [0.4, 0.5) is 0 Å². The van der Waals surface area contributed by atoms with Crippen LogP contribution in [0.15, 0.2) is 33.2 Å². The molecule has 1 atom stereocenters. The fourth-order valence-corrected chi connectivity index (χ4v) is 3.06. The van der Waals surface area contributed by atoms with E-state index >= 15 is 0 Å². The SMILES string of the molecule is C=C1CCOC(c2cc(Br)cc(Br)c2O)C1. The molecule has 0 radical (unpaired) electrons. The van der Waals surface area contributed by atoms with Crippen LogP contribution >= 0.6 is 31.9 Å². The van der Waals surface area contributed by atoms with E-state index in [-0.39, 0.29) is 11.9 Å². The number of phenols is 1. The van der Waals surface area contributed by atoms with Gasteiger partial charge in [0.15, 0.2) is 0 Å². The molecular weight excluding hydrogens is 336 g/mol. The van der Waals surface area contributed by atoms with Gasteiger partial charge in [0.25, 0.3) is 0 Å². The van der Waals surface area contributed by atoms with Crippen molar-refractivity contribution in [3.63, 3.8) is 0 Å². The van der Waals surface area contributed by atoms with Crippen LogP contribution < -0.4 is 0 Å². The van der Waals surface area contributed by atoms with Crippen LogP contribution in [-0.4, -0.2) is 11.7 Å². The van der Waals surface area contributed by atoms with Crippen molar-refractivity contribution in [2.24, 2.45) is 0 Å². The van der Waals surface area contributed by atoms with E-state index in [9.17, 15) is 5.11 Å². The van der Waals surface area contributed by atoms with Gasteiger partial charge >= 0.3 is 0 Å². The van der Waals surface area contributed by atoms with Crippen molar-refractivity contribution in [3.8, 4) is 5.75 Å². The Morgan fingerprint density at radius 3 is 2.81 bits per heavy atom. The minimum Gasteiger partial charge on any atom is -0.506 e. The average molecular weight is 348 g/mol. The number of benzene rings is 1. The van der Waals surface area contributed by atoms with Crippen molar-refractivity contribution in [1.29, 1.82) is 0 Å². The molecule has 1 heterocycles. The Morgan fingerprint density at radius 2 is 2.12 bits per heavy atom. The quantitative estimate of drug-likeness (QED) is 0.766. The molecule has 1 aromatic rings. The van der Waals surface area contributed by atoms with Crippen molar-refractivity contribution in [2.75, 3.05) is 6.61 Å². The molecule has 0 aliphatic carbocycles. The number of halogens is 2. The molecule has 4 heteroatoms. The predicted molar refractivity (Wildman–Crippen MR) is 70.6 cm³/mol. The standard InChI is InChI=1S/C12H12Br2O2/c1-7-2-3-16-11(4-7)9-5-8(13)6-10(14)12(9)15/h5-6,11,15H,1-4H2. The summed E-state index contributed by atoms with van der Waals surface area (Å²) in [5, 5.41) is 9.98. The highest BCUT2D eigenvalue weighted by Gasteiger charge is 2.22. The van der Waals surface area contributed by atoms with Crippen LogP contribution in [-0.2, 0) is 4.74 Å². The van der Waals surface area contributed by atoms with Crippen LogP contribution in [0.3, 0.4) is 0 Å². The Balaban J connectivity index is 2.35. The lowest BCUT2D eigenvalue weighted by Crippen LogP contribution is -2.13. The van der Waals surface area contributed by atoms with Crippen LogP contribution in [0.2, 0.25) is 0 Å². The highest BCUT2D eigenvalue weighted by Crippen LogP contribution is 2.40. The van der Waals surface area contributed by atoms with Crippen LogP contribution in [0.1, 0.15) is 24.5 Å². The third-order valence-corrected chi connectivity index (χ3v) is 3.72. The zero-order valence-corrected chi connectivity index (χ0v) is 11.8. The van der Waals surface area contributed by atoms with Crippen molar-refractivity contribution in [2.45, 2.75) is 18.9 Å². The smallest absolute Gasteiger partial charge is 0.135 e. The third kappa shape index (κ3) is 2.50. The van der Waals surface area contributed by atoms with Gasteiger partial charge in [-0.25, -0.2) is 0 Å². The summed E-state index contributed by atoms with van der Waals surface area (Å²) in [5.74, 6) is 0.253. The van der Waals surface area contributed by atoms with Gasteiger partial charge in [0, 0.05) is 10.0 Å². The van der Waals surface area contributed by atoms with Gasteiger partial charge in [-0.3, -0.25) is 0 Å². The first kappa shape index (κ1) is 12.1. The zero-order chi connectivity index (χ0) is 11.7. The number of hydrogen-bond acceptors (Lipinski definition) is 2. The summed E-state index contributed by atoms with van der Waals surface area (Å²) in [4.78, 5) is 0. The number of rotatable bonds is 1. The molecule has 2 rings (SSSR count). The Bertz CT molecular complexity index is 429. The Hall–Kier alpha value is -0.320. The molecule has 1 aliphatic heterocycles. The third-order valence-electron chi connectivity index (χ3n) is 2.65. The molecule has 0 bridgehead atoms. The second-order valence-corrected chi connectivity index (χ2v) is 5.66. The summed E-state index contributed by atoms with van der Waals surface area (Å²) >= 11 is 6.73. The summed E-state index contributed by atoms with van der Waals surface area (Å²) in [6.45, 7) is 4.65. The fraction of sp³-hybridized carbons (Fsp3) is 0.333. The van der Waals surface area contributed by atoms with E-state index in [4.69, 9.17) is 4.74 Å². The molecule has 1 unspecified atom stereocenters. The topological polar surface area (TPSA) is 29.5 Å². The number of hydrogen-bond donors (Lipinski definition) is 1. The van der Waals surface area contributed by atoms with Gasteiger partial charge in [0.1, 0.15) is 5.75 Å². The molecule has 1 aliphatic rings. The summed E-state index contributed by atoms with van der Waals surface area (Å²) < 4.78 is 7.26. The first-order chi connectivity index (χ1) is 7.58. The highest BCUT2D eigenvalue weighted by molar-refractivity contribution is 9.11. The van der Waals surface area contributed by atoms with E-state index in [1.807, 2.05) is 12.1 Å². The van der Waals surface area contributed by atoms with Gasteiger partial charge in [-0.1, -0.05) is 28.1 Å². The first-order valence-electron chi connectivity index (χ1n) is 5.04. The summed E-state index contributed by atoms with van der Waals surface area (Å²) in [5.41, 5.74) is 1.98. The highest BCUT2D eigenvalue weighted by atomic mass is 79.9.